The van der Waals surface area contributed by atoms with Crippen molar-refractivity contribution in [2.24, 2.45) is 0 Å². The molecule has 7 heteroatoms. The van der Waals surface area contributed by atoms with Gasteiger partial charge in [0.05, 0.1) is 17.0 Å². The molecule has 1 saturated carbocycles. The Bertz CT molecular complexity index is 1250. The van der Waals surface area contributed by atoms with Gasteiger partial charge in [0.15, 0.2) is 5.65 Å². The van der Waals surface area contributed by atoms with Gasteiger partial charge in [0.2, 0.25) is 0 Å². The largest absolute Gasteiger partial charge is 0.345 e. The Labute approximate surface area is 166 Å². The first-order valence-electron chi connectivity index (χ1n) is 10.1. The maximum atomic E-state index is 13.3. The molecule has 0 unspecified atom stereocenters. The van der Waals surface area contributed by atoms with Crippen LogP contribution in [0.3, 0.4) is 0 Å². The number of hydrogen-bond donors (Lipinski definition) is 2. The Balaban J connectivity index is 1.63. The van der Waals surface area contributed by atoms with Crippen molar-refractivity contribution in [3.05, 3.63) is 73.6 Å². The number of aromatic amines is 1. The van der Waals surface area contributed by atoms with E-state index in [0.29, 0.717) is 17.8 Å². The molecule has 2 aliphatic carbocycles. The van der Waals surface area contributed by atoms with Gasteiger partial charge < -0.3 is 5.32 Å². The number of H-pyrrole nitrogens is 1. The summed E-state index contributed by atoms with van der Waals surface area (Å²) >= 11 is 0. The molecule has 1 amide bonds. The van der Waals surface area contributed by atoms with E-state index in [-0.39, 0.29) is 23.3 Å². The quantitative estimate of drug-likeness (QED) is 0.715. The second-order valence-electron chi connectivity index (χ2n) is 7.83. The van der Waals surface area contributed by atoms with Crippen molar-refractivity contribution in [2.45, 2.75) is 51.1 Å². The van der Waals surface area contributed by atoms with E-state index in [2.05, 4.69) is 21.4 Å². The first-order chi connectivity index (χ1) is 14.1. The van der Waals surface area contributed by atoms with E-state index in [4.69, 9.17) is 0 Å². The number of hydrogen-bond acceptors (Lipinski definition) is 4. The number of nitrogens with one attached hydrogen (secondary N) is 2. The molecule has 2 heterocycles. The monoisotopic (exact) mass is 390 g/mol. The molecule has 1 aromatic carbocycles. The van der Waals surface area contributed by atoms with Crippen LogP contribution in [-0.4, -0.2) is 20.4 Å². The van der Waals surface area contributed by atoms with Gasteiger partial charge >= 0.3 is 5.69 Å². The van der Waals surface area contributed by atoms with E-state index < -0.39 is 11.2 Å². The zero-order chi connectivity index (χ0) is 20.1. The van der Waals surface area contributed by atoms with Crippen LogP contribution < -0.4 is 16.6 Å². The second-order valence-corrected chi connectivity index (χ2v) is 7.83. The number of carbonyl (C=O) groups is 1. The highest BCUT2D eigenvalue weighted by Crippen LogP contribution is 2.40. The van der Waals surface area contributed by atoms with Crippen LogP contribution in [-0.2, 0) is 13.0 Å². The third-order valence-electron chi connectivity index (χ3n) is 5.96. The van der Waals surface area contributed by atoms with E-state index in [9.17, 15) is 14.4 Å². The molecule has 3 aromatic rings. The zero-order valence-corrected chi connectivity index (χ0v) is 16.2. The van der Waals surface area contributed by atoms with Gasteiger partial charge in [-0.3, -0.25) is 19.1 Å². The zero-order valence-electron chi connectivity index (χ0n) is 16.2. The van der Waals surface area contributed by atoms with Crippen LogP contribution in [0.5, 0.6) is 0 Å². The van der Waals surface area contributed by atoms with Gasteiger partial charge in [0.1, 0.15) is 0 Å². The molecule has 0 radical (unpaired) electrons. The fraction of sp³-hybridized carbons (Fsp3) is 0.364. The van der Waals surface area contributed by atoms with E-state index in [1.54, 1.807) is 6.07 Å². The summed E-state index contributed by atoms with van der Waals surface area (Å²) < 4.78 is 1.42. The van der Waals surface area contributed by atoms with Gasteiger partial charge in [-0.2, -0.15) is 0 Å². The molecule has 1 atom stereocenters. The minimum Gasteiger partial charge on any atom is -0.345 e. The van der Waals surface area contributed by atoms with Crippen LogP contribution in [0.4, 0.5) is 0 Å². The van der Waals surface area contributed by atoms with Crippen molar-refractivity contribution in [1.29, 1.82) is 0 Å². The molecule has 1 fully saturated rings. The van der Waals surface area contributed by atoms with Gasteiger partial charge in [-0.05, 0) is 49.8 Å². The van der Waals surface area contributed by atoms with Crippen LogP contribution in [0.1, 0.15) is 65.3 Å². The molecule has 0 saturated heterocycles. The SMILES string of the molecule is CCn1c(=O)[nH]c(=O)c2c(C(=O)N[C@H]3CCc4ccccc43)cc(C3CC3)nc21. The summed E-state index contributed by atoms with van der Waals surface area (Å²) in [5.41, 5.74) is 2.67. The molecular weight excluding hydrogens is 368 g/mol. The third-order valence-corrected chi connectivity index (χ3v) is 5.96. The summed E-state index contributed by atoms with van der Waals surface area (Å²) in [5, 5.41) is 3.28. The molecule has 2 aliphatic rings. The maximum absolute atomic E-state index is 13.3. The maximum Gasteiger partial charge on any atom is 0.329 e. The van der Waals surface area contributed by atoms with Crippen molar-refractivity contribution < 1.29 is 4.79 Å². The first kappa shape index (κ1) is 17.8. The number of aryl methyl sites for hydroxylation is 2. The highest BCUT2D eigenvalue weighted by atomic mass is 16.2. The van der Waals surface area contributed by atoms with Crippen LogP contribution >= 0.6 is 0 Å². The molecule has 0 bridgehead atoms. The van der Waals surface area contributed by atoms with Gasteiger partial charge in [-0.15, -0.1) is 0 Å². The van der Waals surface area contributed by atoms with Crippen LogP contribution in [0.25, 0.3) is 11.0 Å². The minimum absolute atomic E-state index is 0.0811. The van der Waals surface area contributed by atoms with E-state index >= 15 is 0 Å². The first-order valence-corrected chi connectivity index (χ1v) is 10.1. The van der Waals surface area contributed by atoms with Crippen LogP contribution in [0, 0.1) is 0 Å². The Morgan fingerprint density at radius 1 is 1.24 bits per heavy atom. The lowest BCUT2D eigenvalue weighted by Crippen LogP contribution is -2.34. The minimum atomic E-state index is -0.568. The molecule has 29 heavy (non-hydrogen) atoms. The normalized spacial score (nSPS) is 18.0. The number of nitrogens with zero attached hydrogens (tertiary/aromatic N) is 2. The third kappa shape index (κ3) is 2.97. The number of aromatic nitrogens is 3. The summed E-state index contributed by atoms with van der Waals surface area (Å²) in [7, 11) is 0. The van der Waals surface area contributed by atoms with Crippen LogP contribution in [0.15, 0.2) is 39.9 Å². The summed E-state index contributed by atoms with van der Waals surface area (Å²) in [6, 6.07) is 9.75. The van der Waals surface area contributed by atoms with E-state index in [1.165, 1.54) is 10.1 Å². The smallest absolute Gasteiger partial charge is 0.329 e. The topological polar surface area (TPSA) is 96.9 Å². The highest BCUT2D eigenvalue weighted by Gasteiger charge is 2.30. The Morgan fingerprint density at radius 2 is 2.03 bits per heavy atom. The summed E-state index contributed by atoms with van der Waals surface area (Å²) in [6.45, 7) is 2.18. The predicted molar refractivity (Wildman–Crippen MR) is 109 cm³/mol. The van der Waals surface area contributed by atoms with E-state index in [1.807, 2.05) is 25.1 Å². The molecule has 5 rings (SSSR count). The summed E-state index contributed by atoms with van der Waals surface area (Å²) in [5.74, 6) is -0.00865. The van der Waals surface area contributed by atoms with Crippen molar-refractivity contribution in [3.8, 4) is 0 Å². The molecule has 0 aliphatic heterocycles. The van der Waals surface area contributed by atoms with Gasteiger partial charge in [-0.25, -0.2) is 9.78 Å². The van der Waals surface area contributed by atoms with Gasteiger partial charge in [0, 0.05) is 18.2 Å². The molecule has 2 aromatic heterocycles. The fourth-order valence-corrected chi connectivity index (χ4v) is 4.30. The van der Waals surface area contributed by atoms with E-state index in [0.717, 1.165) is 36.9 Å². The Hall–Kier alpha value is -3.22. The molecule has 2 N–H and O–H groups in total. The predicted octanol–water partition coefficient (Wildman–Crippen LogP) is 2.40. The summed E-state index contributed by atoms with van der Waals surface area (Å²) in [4.78, 5) is 45.1. The number of fused-ring (bicyclic) bond motifs is 2. The molecule has 0 spiro atoms. The lowest BCUT2D eigenvalue weighted by Gasteiger charge is -2.16. The number of rotatable bonds is 4. The number of benzene rings is 1. The van der Waals surface area contributed by atoms with Gasteiger partial charge in [0.25, 0.3) is 11.5 Å². The molecule has 148 valence electrons. The Morgan fingerprint density at radius 3 is 2.79 bits per heavy atom. The number of pyridine rings is 1. The fourth-order valence-electron chi connectivity index (χ4n) is 4.30. The summed E-state index contributed by atoms with van der Waals surface area (Å²) in [6.07, 6.45) is 3.77. The average Bonchev–Trinajstić information content (AvgIpc) is 3.49. The van der Waals surface area contributed by atoms with Gasteiger partial charge in [-0.1, -0.05) is 24.3 Å². The second kappa shape index (κ2) is 6.69. The van der Waals surface area contributed by atoms with Crippen LogP contribution in [0.2, 0.25) is 0 Å². The number of amides is 1. The van der Waals surface area contributed by atoms with Crippen molar-refractivity contribution in [1.82, 2.24) is 19.9 Å². The number of carbonyl (C=O) groups excluding carboxylic acids is 1. The highest BCUT2D eigenvalue weighted by molar-refractivity contribution is 6.05. The van der Waals surface area contributed by atoms with Crippen molar-refractivity contribution >= 4 is 16.9 Å². The molecule has 7 nitrogen and oxygen atoms in total. The standard InChI is InChI=1S/C22H22N4O3/c1-2-26-19-18(21(28)25-22(26)29)15(11-17(23-19)13-7-8-13)20(27)24-16-10-9-12-5-3-4-6-14(12)16/h3-6,11,13,16H,2,7-10H2,1H3,(H,24,27)(H,25,28,29)/t16-/m0/s1. The molecular formula is C22H22N4O3. The lowest BCUT2D eigenvalue weighted by molar-refractivity contribution is 0.0938. The Kier molecular flexibility index (Phi) is 4.12. The van der Waals surface area contributed by atoms with Crippen molar-refractivity contribution in [2.75, 3.05) is 0 Å². The van der Waals surface area contributed by atoms with Crippen molar-refractivity contribution in [3.63, 3.8) is 0 Å². The average molecular weight is 390 g/mol. The lowest BCUT2D eigenvalue weighted by atomic mass is 10.1.